The molecule has 1 rings (SSSR count). The maximum Gasteiger partial charge on any atom is 0.0252 e. The summed E-state index contributed by atoms with van der Waals surface area (Å²) >= 11 is 0. The summed E-state index contributed by atoms with van der Waals surface area (Å²) in [5.41, 5.74) is 0.261. The highest BCUT2D eigenvalue weighted by molar-refractivity contribution is 4.87. The maximum atomic E-state index is 3.61. The topological polar surface area (TPSA) is 18.5 Å². The summed E-state index contributed by atoms with van der Waals surface area (Å²) in [6.45, 7) is 11.6. The van der Waals surface area contributed by atoms with E-state index in [1.54, 1.807) is 0 Å². The Kier molecular flexibility index (Phi) is 4.56. The normalized spacial score (nSPS) is 28.0. The van der Waals surface area contributed by atoms with Crippen LogP contribution in [-0.2, 0) is 0 Å². The smallest absolute Gasteiger partial charge is 0.0252 e. The molecular formula is C12H27N3. The summed E-state index contributed by atoms with van der Waals surface area (Å²) in [4.78, 5) is 4.87. The first-order valence-electron chi connectivity index (χ1n) is 6.04. The minimum Gasteiger partial charge on any atom is -0.310 e. The lowest BCUT2D eigenvalue weighted by Crippen LogP contribution is -2.48. The highest BCUT2D eigenvalue weighted by Gasteiger charge is 2.27. The molecular weight excluding hydrogens is 186 g/mol. The van der Waals surface area contributed by atoms with Crippen LogP contribution in [0.25, 0.3) is 0 Å². The predicted octanol–water partition coefficient (Wildman–Crippen LogP) is 1.01. The van der Waals surface area contributed by atoms with Crippen LogP contribution in [0.4, 0.5) is 0 Å². The molecule has 0 radical (unpaired) electrons. The van der Waals surface area contributed by atoms with Crippen molar-refractivity contribution in [2.24, 2.45) is 0 Å². The fraction of sp³-hybridized carbons (Fsp3) is 1.00. The number of hydrogen-bond acceptors (Lipinski definition) is 3. The molecule has 1 N–H and O–H groups in total. The van der Waals surface area contributed by atoms with Gasteiger partial charge in [0.1, 0.15) is 0 Å². The van der Waals surface area contributed by atoms with Crippen LogP contribution in [0, 0.1) is 0 Å². The molecule has 3 heteroatoms. The zero-order chi connectivity index (χ0) is 11.5. The number of rotatable bonds is 3. The Labute approximate surface area is 94.8 Å². The molecule has 0 aromatic carbocycles. The fourth-order valence-corrected chi connectivity index (χ4v) is 2.15. The molecule has 1 aliphatic heterocycles. The third kappa shape index (κ3) is 4.49. The Morgan fingerprint density at radius 1 is 1.40 bits per heavy atom. The zero-order valence-corrected chi connectivity index (χ0v) is 11.0. The average Bonchev–Trinajstić information content (AvgIpc) is 2.22. The van der Waals surface area contributed by atoms with Crippen LogP contribution >= 0.6 is 0 Å². The summed E-state index contributed by atoms with van der Waals surface area (Å²) in [6.07, 6.45) is 1.26. The molecule has 15 heavy (non-hydrogen) atoms. The van der Waals surface area contributed by atoms with Crippen molar-refractivity contribution in [3.63, 3.8) is 0 Å². The fourth-order valence-electron chi connectivity index (χ4n) is 2.15. The molecule has 0 aromatic heterocycles. The van der Waals surface area contributed by atoms with Crippen molar-refractivity contribution in [2.75, 3.05) is 40.3 Å². The second-order valence-electron chi connectivity index (χ2n) is 5.72. The second-order valence-corrected chi connectivity index (χ2v) is 5.72. The Morgan fingerprint density at radius 3 is 2.67 bits per heavy atom. The Balaban J connectivity index is 2.50. The van der Waals surface area contributed by atoms with Gasteiger partial charge in [-0.2, -0.15) is 0 Å². The summed E-state index contributed by atoms with van der Waals surface area (Å²) < 4.78 is 0. The van der Waals surface area contributed by atoms with Crippen molar-refractivity contribution in [1.29, 1.82) is 0 Å². The monoisotopic (exact) mass is 213 g/mol. The van der Waals surface area contributed by atoms with Crippen molar-refractivity contribution in [3.8, 4) is 0 Å². The molecule has 3 nitrogen and oxygen atoms in total. The first kappa shape index (κ1) is 12.9. The second kappa shape index (κ2) is 5.28. The lowest BCUT2D eigenvalue weighted by atomic mass is 10.1. The molecule has 0 saturated carbocycles. The average molecular weight is 213 g/mol. The highest BCUT2D eigenvalue weighted by atomic mass is 15.2. The lowest BCUT2D eigenvalue weighted by molar-refractivity contribution is 0.166. The SMILES string of the molecule is CC1CCNC(C)(C)CN1CCN(C)C. The van der Waals surface area contributed by atoms with Crippen LogP contribution in [0.15, 0.2) is 0 Å². The van der Waals surface area contributed by atoms with E-state index in [4.69, 9.17) is 0 Å². The van der Waals surface area contributed by atoms with E-state index in [0.717, 1.165) is 19.6 Å². The van der Waals surface area contributed by atoms with E-state index in [2.05, 4.69) is 50.0 Å². The number of nitrogens with zero attached hydrogens (tertiary/aromatic N) is 2. The largest absolute Gasteiger partial charge is 0.310 e. The minimum atomic E-state index is 0.261. The quantitative estimate of drug-likeness (QED) is 0.755. The van der Waals surface area contributed by atoms with E-state index in [1.807, 2.05) is 0 Å². The molecule has 1 unspecified atom stereocenters. The molecule has 0 amide bonds. The van der Waals surface area contributed by atoms with Crippen LogP contribution in [0.3, 0.4) is 0 Å². The van der Waals surface area contributed by atoms with E-state index in [0.29, 0.717) is 6.04 Å². The molecule has 1 aliphatic rings. The van der Waals surface area contributed by atoms with Crippen LogP contribution < -0.4 is 5.32 Å². The van der Waals surface area contributed by atoms with Gasteiger partial charge in [-0.25, -0.2) is 0 Å². The van der Waals surface area contributed by atoms with Gasteiger partial charge in [0.05, 0.1) is 0 Å². The van der Waals surface area contributed by atoms with Crippen molar-refractivity contribution in [3.05, 3.63) is 0 Å². The van der Waals surface area contributed by atoms with Crippen molar-refractivity contribution in [2.45, 2.75) is 38.8 Å². The van der Waals surface area contributed by atoms with Gasteiger partial charge in [0.25, 0.3) is 0 Å². The van der Waals surface area contributed by atoms with Crippen molar-refractivity contribution >= 4 is 0 Å². The summed E-state index contributed by atoms with van der Waals surface area (Å²) in [5.74, 6) is 0. The van der Waals surface area contributed by atoms with E-state index in [9.17, 15) is 0 Å². The van der Waals surface area contributed by atoms with Gasteiger partial charge in [0, 0.05) is 31.2 Å². The lowest BCUT2D eigenvalue weighted by Gasteiger charge is -2.33. The van der Waals surface area contributed by atoms with Crippen LogP contribution in [0.5, 0.6) is 0 Å². The molecule has 0 aliphatic carbocycles. The zero-order valence-electron chi connectivity index (χ0n) is 11.0. The third-order valence-corrected chi connectivity index (χ3v) is 3.22. The standard InChI is InChI=1S/C12H27N3/c1-11-6-7-13-12(2,3)10-15(11)9-8-14(4)5/h11,13H,6-10H2,1-5H3. The van der Waals surface area contributed by atoms with Gasteiger partial charge in [0.15, 0.2) is 0 Å². The molecule has 1 saturated heterocycles. The Bertz CT molecular complexity index is 189. The molecule has 0 bridgehead atoms. The van der Waals surface area contributed by atoms with Gasteiger partial charge in [-0.15, -0.1) is 0 Å². The molecule has 1 fully saturated rings. The van der Waals surface area contributed by atoms with E-state index in [1.165, 1.54) is 13.0 Å². The van der Waals surface area contributed by atoms with Crippen LogP contribution in [0.2, 0.25) is 0 Å². The molecule has 0 aromatic rings. The first-order valence-corrected chi connectivity index (χ1v) is 6.04. The van der Waals surface area contributed by atoms with Crippen LogP contribution in [0.1, 0.15) is 27.2 Å². The molecule has 0 spiro atoms. The summed E-state index contributed by atoms with van der Waals surface area (Å²) in [6, 6.07) is 0.708. The maximum absolute atomic E-state index is 3.61. The van der Waals surface area contributed by atoms with E-state index >= 15 is 0 Å². The number of hydrogen-bond donors (Lipinski definition) is 1. The van der Waals surface area contributed by atoms with Crippen LogP contribution in [-0.4, -0.2) is 61.7 Å². The van der Waals surface area contributed by atoms with Gasteiger partial charge >= 0.3 is 0 Å². The van der Waals surface area contributed by atoms with Gasteiger partial charge in [-0.1, -0.05) is 0 Å². The van der Waals surface area contributed by atoms with E-state index < -0.39 is 0 Å². The summed E-state index contributed by atoms with van der Waals surface area (Å²) in [7, 11) is 4.29. The van der Waals surface area contributed by atoms with E-state index in [-0.39, 0.29) is 5.54 Å². The van der Waals surface area contributed by atoms with Crippen molar-refractivity contribution in [1.82, 2.24) is 15.1 Å². The first-order chi connectivity index (χ1) is 6.91. The molecule has 1 atom stereocenters. The molecule has 90 valence electrons. The summed E-state index contributed by atoms with van der Waals surface area (Å²) in [5, 5.41) is 3.61. The van der Waals surface area contributed by atoms with Gasteiger partial charge in [0.2, 0.25) is 0 Å². The van der Waals surface area contributed by atoms with Gasteiger partial charge in [-0.3, -0.25) is 4.90 Å². The highest BCUT2D eigenvalue weighted by Crippen LogP contribution is 2.14. The van der Waals surface area contributed by atoms with Crippen molar-refractivity contribution < 1.29 is 0 Å². The Morgan fingerprint density at radius 2 is 2.07 bits per heavy atom. The van der Waals surface area contributed by atoms with Gasteiger partial charge < -0.3 is 10.2 Å². The molecule has 1 heterocycles. The third-order valence-electron chi connectivity index (χ3n) is 3.22. The Hall–Kier alpha value is -0.120. The number of likely N-dealkylation sites (N-methyl/N-ethyl adjacent to an activating group) is 1. The number of nitrogens with one attached hydrogen (secondary N) is 1. The predicted molar refractivity (Wildman–Crippen MR) is 66.3 cm³/mol. The van der Waals surface area contributed by atoms with Gasteiger partial charge in [-0.05, 0) is 47.8 Å². The minimum absolute atomic E-state index is 0.261.